The lowest BCUT2D eigenvalue weighted by Gasteiger charge is -2.12. The van der Waals surface area contributed by atoms with Crippen molar-refractivity contribution >= 4 is 5.69 Å². The van der Waals surface area contributed by atoms with Crippen molar-refractivity contribution < 1.29 is 8.78 Å². The number of benzene rings is 1. The first-order chi connectivity index (χ1) is 5.61. The third kappa shape index (κ3) is 1.94. The Morgan fingerprint density at radius 1 is 1.25 bits per heavy atom. The Bertz CT molecular complexity index is 235. The van der Waals surface area contributed by atoms with Crippen molar-refractivity contribution in [3.8, 4) is 0 Å². The molecule has 1 nitrogen and oxygen atoms in total. The van der Waals surface area contributed by atoms with Gasteiger partial charge in [0.25, 0.3) is 6.43 Å². The second kappa shape index (κ2) is 3.52. The van der Waals surface area contributed by atoms with E-state index in [1.165, 1.54) is 12.1 Å². The number of rotatable bonds is 2. The van der Waals surface area contributed by atoms with Crippen LogP contribution < -0.4 is 4.90 Å². The standard InChI is InChI=1S/C9H11F2N/c1-12(2)8-5-3-4-7(6-8)9(10)11/h3-6,9H,1-2H3. The van der Waals surface area contributed by atoms with E-state index in [9.17, 15) is 8.78 Å². The molecule has 12 heavy (non-hydrogen) atoms. The van der Waals surface area contributed by atoms with Crippen molar-refractivity contribution in [3.05, 3.63) is 29.8 Å². The summed E-state index contributed by atoms with van der Waals surface area (Å²) < 4.78 is 24.4. The molecule has 0 fully saturated rings. The van der Waals surface area contributed by atoms with Crippen LogP contribution >= 0.6 is 0 Å². The van der Waals surface area contributed by atoms with Crippen LogP contribution in [0.4, 0.5) is 14.5 Å². The van der Waals surface area contributed by atoms with E-state index in [4.69, 9.17) is 0 Å². The van der Waals surface area contributed by atoms with Gasteiger partial charge in [0.2, 0.25) is 0 Å². The zero-order chi connectivity index (χ0) is 9.14. The summed E-state index contributed by atoms with van der Waals surface area (Å²) in [7, 11) is 3.65. The molecule has 0 amide bonds. The molecule has 1 rings (SSSR count). The van der Waals surface area contributed by atoms with E-state index in [-0.39, 0.29) is 5.56 Å². The second-order valence-electron chi connectivity index (χ2n) is 2.79. The SMILES string of the molecule is CN(C)c1cccc(C(F)F)c1. The van der Waals surface area contributed by atoms with Crippen LogP contribution in [0.3, 0.4) is 0 Å². The van der Waals surface area contributed by atoms with Gasteiger partial charge in [-0.05, 0) is 12.1 Å². The maximum absolute atomic E-state index is 12.2. The highest BCUT2D eigenvalue weighted by Crippen LogP contribution is 2.22. The van der Waals surface area contributed by atoms with Crippen molar-refractivity contribution in [2.75, 3.05) is 19.0 Å². The normalized spacial score (nSPS) is 10.4. The predicted octanol–water partition coefficient (Wildman–Crippen LogP) is 2.69. The molecule has 0 aliphatic heterocycles. The molecule has 0 heterocycles. The fraction of sp³-hybridized carbons (Fsp3) is 0.333. The van der Waals surface area contributed by atoms with Gasteiger partial charge in [0, 0.05) is 25.3 Å². The van der Waals surface area contributed by atoms with Crippen LogP contribution in [0, 0.1) is 0 Å². The minimum Gasteiger partial charge on any atom is -0.378 e. The Hall–Kier alpha value is -1.12. The van der Waals surface area contributed by atoms with Crippen molar-refractivity contribution in [2.45, 2.75) is 6.43 Å². The third-order valence-corrected chi connectivity index (χ3v) is 1.64. The molecule has 0 atom stereocenters. The molecule has 0 spiro atoms. The van der Waals surface area contributed by atoms with Gasteiger partial charge in [0.1, 0.15) is 0 Å². The average molecular weight is 171 g/mol. The molecular weight excluding hydrogens is 160 g/mol. The maximum Gasteiger partial charge on any atom is 0.263 e. The fourth-order valence-corrected chi connectivity index (χ4v) is 0.939. The minimum atomic E-state index is -2.38. The third-order valence-electron chi connectivity index (χ3n) is 1.64. The summed E-state index contributed by atoms with van der Waals surface area (Å²) in [5.74, 6) is 0. The van der Waals surface area contributed by atoms with E-state index < -0.39 is 6.43 Å². The van der Waals surface area contributed by atoms with Gasteiger partial charge in [0.15, 0.2) is 0 Å². The van der Waals surface area contributed by atoms with Gasteiger partial charge in [0.05, 0.1) is 0 Å². The highest BCUT2D eigenvalue weighted by atomic mass is 19.3. The monoisotopic (exact) mass is 171 g/mol. The zero-order valence-electron chi connectivity index (χ0n) is 7.09. The summed E-state index contributed by atoms with van der Waals surface area (Å²) in [6.07, 6.45) is -2.38. The van der Waals surface area contributed by atoms with Gasteiger partial charge in [-0.3, -0.25) is 0 Å². The van der Waals surface area contributed by atoms with Gasteiger partial charge in [-0.25, -0.2) is 8.78 Å². The molecule has 1 aromatic rings. The topological polar surface area (TPSA) is 3.24 Å². The molecule has 3 heteroatoms. The minimum absolute atomic E-state index is 0.0706. The maximum atomic E-state index is 12.2. The first-order valence-corrected chi connectivity index (χ1v) is 3.66. The Balaban J connectivity index is 2.96. The number of hydrogen-bond acceptors (Lipinski definition) is 1. The van der Waals surface area contributed by atoms with Crippen LogP contribution in [0.15, 0.2) is 24.3 Å². The first kappa shape index (κ1) is 8.97. The molecule has 0 bridgehead atoms. The fourth-order valence-electron chi connectivity index (χ4n) is 0.939. The van der Waals surface area contributed by atoms with Crippen LogP contribution in [0.2, 0.25) is 0 Å². The van der Waals surface area contributed by atoms with Crippen molar-refractivity contribution in [1.29, 1.82) is 0 Å². The molecule has 0 saturated carbocycles. The molecular formula is C9H11F2N. The van der Waals surface area contributed by atoms with Crippen LogP contribution in [-0.4, -0.2) is 14.1 Å². The Kier molecular flexibility index (Phi) is 2.63. The lowest BCUT2D eigenvalue weighted by molar-refractivity contribution is 0.151. The van der Waals surface area contributed by atoms with Crippen LogP contribution in [-0.2, 0) is 0 Å². The molecule has 0 saturated heterocycles. The number of alkyl halides is 2. The summed E-state index contributed by atoms with van der Waals surface area (Å²) in [4.78, 5) is 1.80. The summed E-state index contributed by atoms with van der Waals surface area (Å²) in [6.45, 7) is 0. The van der Waals surface area contributed by atoms with E-state index in [0.29, 0.717) is 0 Å². The van der Waals surface area contributed by atoms with Gasteiger partial charge >= 0.3 is 0 Å². The molecule has 0 N–H and O–H groups in total. The number of halogens is 2. The molecule has 0 aliphatic rings. The summed E-state index contributed by atoms with van der Waals surface area (Å²) >= 11 is 0. The molecule has 0 radical (unpaired) electrons. The number of anilines is 1. The van der Waals surface area contributed by atoms with Crippen LogP contribution in [0.1, 0.15) is 12.0 Å². The first-order valence-electron chi connectivity index (χ1n) is 3.66. The molecule has 66 valence electrons. The smallest absolute Gasteiger partial charge is 0.263 e. The van der Waals surface area contributed by atoms with E-state index in [0.717, 1.165) is 5.69 Å². The molecule has 0 unspecified atom stereocenters. The van der Waals surface area contributed by atoms with Crippen LogP contribution in [0.25, 0.3) is 0 Å². The van der Waals surface area contributed by atoms with E-state index in [2.05, 4.69) is 0 Å². The van der Waals surface area contributed by atoms with Gasteiger partial charge < -0.3 is 4.90 Å². The lowest BCUT2D eigenvalue weighted by Crippen LogP contribution is -2.08. The Morgan fingerprint density at radius 3 is 2.42 bits per heavy atom. The lowest BCUT2D eigenvalue weighted by atomic mass is 10.2. The predicted molar refractivity (Wildman–Crippen MR) is 45.7 cm³/mol. The Labute approximate surface area is 70.6 Å². The molecule has 0 aromatic heterocycles. The van der Waals surface area contributed by atoms with Crippen molar-refractivity contribution in [1.82, 2.24) is 0 Å². The van der Waals surface area contributed by atoms with Crippen molar-refractivity contribution in [2.24, 2.45) is 0 Å². The highest BCUT2D eigenvalue weighted by Gasteiger charge is 2.06. The summed E-state index contributed by atoms with van der Waals surface area (Å²) in [6, 6.07) is 6.35. The average Bonchev–Trinajstić information content (AvgIpc) is 2.04. The highest BCUT2D eigenvalue weighted by molar-refractivity contribution is 5.47. The van der Waals surface area contributed by atoms with Gasteiger partial charge in [-0.1, -0.05) is 12.1 Å². The van der Waals surface area contributed by atoms with Crippen molar-refractivity contribution in [3.63, 3.8) is 0 Å². The largest absolute Gasteiger partial charge is 0.378 e. The Morgan fingerprint density at radius 2 is 1.92 bits per heavy atom. The van der Waals surface area contributed by atoms with E-state index in [1.54, 1.807) is 17.0 Å². The zero-order valence-corrected chi connectivity index (χ0v) is 7.09. The molecule has 0 aliphatic carbocycles. The molecule has 1 aromatic carbocycles. The van der Waals surface area contributed by atoms with E-state index >= 15 is 0 Å². The second-order valence-corrected chi connectivity index (χ2v) is 2.79. The number of nitrogens with zero attached hydrogens (tertiary/aromatic N) is 1. The van der Waals surface area contributed by atoms with Gasteiger partial charge in [-0.2, -0.15) is 0 Å². The summed E-state index contributed by atoms with van der Waals surface area (Å²) in [5.41, 5.74) is 0.869. The summed E-state index contributed by atoms with van der Waals surface area (Å²) in [5, 5.41) is 0. The quantitative estimate of drug-likeness (QED) is 0.661. The number of hydrogen-bond donors (Lipinski definition) is 0. The van der Waals surface area contributed by atoms with Crippen LogP contribution in [0.5, 0.6) is 0 Å². The van der Waals surface area contributed by atoms with E-state index in [1.807, 2.05) is 14.1 Å². The van der Waals surface area contributed by atoms with Gasteiger partial charge in [-0.15, -0.1) is 0 Å².